The molecule has 2 aromatic heterocycles. The van der Waals surface area contributed by atoms with Gasteiger partial charge in [0.2, 0.25) is 0 Å². The summed E-state index contributed by atoms with van der Waals surface area (Å²) < 4.78 is 1.98. The van der Waals surface area contributed by atoms with Crippen LogP contribution < -0.4 is 0 Å². The summed E-state index contributed by atoms with van der Waals surface area (Å²) in [6.07, 6.45) is 11.6. The first-order chi connectivity index (χ1) is 13.3. The molecule has 0 unspecified atom stereocenters. The van der Waals surface area contributed by atoms with E-state index in [2.05, 4.69) is 33.3 Å². The summed E-state index contributed by atoms with van der Waals surface area (Å²) in [5.74, 6) is 0.772. The van der Waals surface area contributed by atoms with Gasteiger partial charge in [0.05, 0.1) is 12.7 Å². The summed E-state index contributed by atoms with van der Waals surface area (Å²) in [6.45, 7) is 4.00. The second-order valence-electron chi connectivity index (χ2n) is 7.42. The zero-order chi connectivity index (χ0) is 18.5. The van der Waals surface area contributed by atoms with Gasteiger partial charge in [-0.2, -0.15) is 5.10 Å². The Kier molecular flexibility index (Phi) is 5.85. The van der Waals surface area contributed by atoms with Crippen LogP contribution >= 0.6 is 11.6 Å². The van der Waals surface area contributed by atoms with Crippen molar-refractivity contribution in [2.45, 2.75) is 32.4 Å². The molecule has 0 bridgehead atoms. The molecule has 4 rings (SSSR count). The number of benzene rings is 1. The number of aromatic nitrogens is 3. The summed E-state index contributed by atoms with van der Waals surface area (Å²) >= 11 is 6.25. The van der Waals surface area contributed by atoms with Gasteiger partial charge in [0.25, 0.3) is 0 Å². The molecule has 27 heavy (non-hydrogen) atoms. The van der Waals surface area contributed by atoms with Crippen LogP contribution in [0.1, 0.15) is 29.5 Å². The van der Waals surface area contributed by atoms with Crippen LogP contribution in [-0.4, -0.2) is 32.8 Å². The fourth-order valence-electron chi connectivity index (χ4n) is 3.83. The lowest BCUT2D eigenvalue weighted by Crippen LogP contribution is -2.33. The van der Waals surface area contributed by atoms with Crippen LogP contribution in [0.3, 0.4) is 0 Å². The van der Waals surface area contributed by atoms with Gasteiger partial charge in [-0.1, -0.05) is 35.9 Å². The predicted molar refractivity (Wildman–Crippen MR) is 109 cm³/mol. The van der Waals surface area contributed by atoms with Crippen molar-refractivity contribution in [3.05, 3.63) is 82.9 Å². The molecule has 1 aromatic carbocycles. The van der Waals surface area contributed by atoms with Crippen molar-refractivity contribution in [3.63, 3.8) is 0 Å². The Hall–Kier alpha value is -2.17. The Morgan fingerprint density at radius 2 is 1.81 bits per heavy atom. The maximum Gasteiger partial charge on any atom is 0.0674 e. The monoisotopic (exact) mass is 380 g/mol. The van der Waals surface area contributed by atoms with Crippen LogP contribution in [-0.2, 0) is 19.5 Å². The minimum atomic E-state index is 0.715. The summed E-state index contributed by atoms with van der Waals surface area (Å²) in [6, 6.07) is 12.2. The van der Waals surface area contributed by atoms with E-state index in [1.165, 1.54) is 24.0 Å². The molecule has 0 aliphatic carbocycles. The topological polar surface area (TPSA) is 34.0 Å². The van der Waals surface area contributed by atoms with Gasteiger partial charge >= 0.3 is 0 Å². The lowest BCUT2D eigenvalue weighted by molar-refractivity contribution is 0.177. The average Bonchev–Trinajstić information content (AvgIpc) is 3.13. The number of piperidine rings is 1. The Morgan fingerprint density at radius 3 is 2.59 bits per heavy atom. The SMILES string of the molecule is Clc1ccccc1Cn1cc(CN2CCC(Cc3cccnc3)CC2)cn1. The van der Waals surface area contributed by atoms with Gasteiger partial charge < -0.3 is 0 Å². The molecule has 0 radical (unpaired) electrons. The quantitative estimate of drug-likeness (QED) is 0.634. The van der Waals surface area contributed by atoms with Crippen LogP contribution in [0.5, 0.6) is 0 Å². The summed E-state index contributed by atoms with van der Waals surface area (Å²) in [5.41, 5.74) is 3.73. The van der Waals surface area contributed by atoms with E-state index < -0.39 is 0 Å². The highest BCUT2D eigenvalue weighted by molar-refractivity contribution is 6.31. The van der Waals surface area contributed by atoms with Crippen molar-refractivity contribution < 1.29 is 0 Å². The van der Waals surface area contributed by atoms with Gasteiger partial charge in [-0.3, -0.25) is 14.6 Å². The van der Waals surface area contributed by atoms with Crippen LogP contribution in [0, 0.1) is 5.92 Å². The maximum absolute atomic E-state index is 6.25. The molecule has 3 aromatic rings. The molecule has 4 nitrogen and oxygen atoms in total. The van der Waals surface area contributed by atoms with Crippen LogP contribution in [0.25, 0.3) is 0 Å². The molecular formula is C22H25ClN4. The molecule has 5 heteroatoms. The van der Waals surface area contributed by atoms with E-state index in [0.29, 0.717) is 6.54 Å². The number of likely N-dealkylation sites (tertiary alicyclic amines) is 1. The standard InChI is InChI=1S/C22H25ClN4/c23-22-6-2-1-5-21(22)17-27-16-20(14-25-27)15-26-10-7-18(8-11-26)12-19-4-3-9-24-13-19/h1-6,9,13-14,16,18H,7-8,10-12,15,17H2. The first-order valence-corrected chi connectivity index (χ1v) is 10.00. The predicted octanol–water partition coefficient (Wildman–Crippen LogP) is 4.43. The molecular weight excluding hydrogens is 356 g/mol. The lowest BCUT2D eigenvalue weighted by atomic mass is 9.90. The molecule has 1 fully saturated rings. The zero-order valence-corrected chi connectivity index (χ0v) is 16.2. The van der Waals surface area contributed by atoms with E-state index in [4.69, 9.17) is 11.6 Å². The van der Waals surface area contributed by atoms with Crippen molar-refractivity contribution in [2.75, 3.05) is 13.1 Å². The third-order valence-corrected chi connectivity index (χ3v) is 5.71. The smallest absolute Gasteiger partial charge is 0.0674 e. The number of halogens is 1. The van der Waals surface area contributed by atoms with Crippen LogP contribution in [0.4, 0.5) is 0 Å². The molecule has 0 spiro atoms. The Labute approximate surface area is 165 Å². The average molecular weight is 381 g/mol. The fourth-order valence-corrected chi connectivity index (χ4v) is 4.03. The third kappa shape index (κ3) is 4.96. The van der Waals surface area contributed by atoms with Crippen LogP contribution in [0.15, 0.2) is 61.2 Å². The minimum Gasteiger partial charge on any atom is -0.299 e. The zero-order valence-electron chi connectivity index (χ0n) is 15.5. The van der Waals surface area contributed by atoms with E-state index in [-0.39, 0.29) is 0 Å². The van der Waals surface area contributed by atoms with E-state index in [0.717, 1.165) is 42.6 Å². The van der Waals surface area contributed by atoms with Crippen molar-refractivity contribution in [3.8, 4) is 0 Å². The third-order valence-electron chi connectivity index (χ3n) is 5.34. The van der Waals surface area contributed by atoms with E-state index in [1.807, 2.05) is 47.5 Å². The molecule has 1 aliphatic rings. The fraction of sp³-hybridized carbons (Fsp3) is 0.364. The van der Waals surface area contributed by atoms with Crippen LogP contribution in [0.2, 0.25) is 5.02 Å². The first kappa shape index (κ1) is 18.2. The number of pyridine rings is 1. The highest BCUT2D eigenvalue weighted by Gasteiger charge is 2.20. The number of hydrogen-bond acceptors (Lipinski definition) is 3. The van der Waals surface area contributed by atoms with E-state index in [9.17, 15) is 0 Å². The highest BCUT2D eigenvalue weighted by atomic mass is 35.5. The Balaban J connectivity index is 1.27. The van der Waals surface area contributed by atoms with Gasteiger partial charge in [0.15, 0.2) is 0 Å². The van der Waals surface area contributed by atoms with Crippen molar-refractivity contribution in [2.24, 2.45) is 5.92 Å². The number of hydrogen-bond donors (Lipinski definition) is 0. The number of rotatable bonds is 6. The molecule has 0 saturated carbocycles. The van der Waals surface area contributed by atoms with Gasteiger partial charge in [0, 0.05) is 35.7 Å². The summed E-state index contributed by atoms with van der Waals surface area (Å²) in [7, 11) is 0. The second kappa shape index (κ2) is 8.68. The highest BCUT2D eigenvalue weighted by Crippen LogP contribution is 2.23. The van der Waals surface area contributed by atoms with Gasteiger partial charge in [-0.05, 0) is 61.5 Å². The number of nitrogens with zero attached hydrogens (tertiary/aromatic N) is 4. The molecule has 0 atom stereocenters. The molecule has 0 amide bonds. The maximum atomic E-state index is 6.25. The van der Waals surface area contributed by atoms with Gasteiger partial charge in [-0.25, -0.2) is 0 Å². The molecule has 0 N–H and O–H groups in total. The minimum absolute atomic E-state index is 0.715. The Morgan fingerprint density at radius 1 is 0.963 bits per heavy atom. The molecule has 1 aliphatic heterocycles. The molecule has 140 valence electrons. The van der Waals surface area contributed by atoms with Crippen molar-refractivity contribution in [1.29, 1.82) is 0 Å². The van der Waals surface area contributed by atoms with Crippen molar-refractivity contribution >= 4 is 11.6 Å². The summed E-state index contributed by atoms with van der Waals surface area (Å²) in [4.78, 5) is 6.77. The lowest BCUT2D eigenvalue weighted by Gasteiger charge is -2.31. The normalized spacial score (nSPS) is 15.9. The van der Waals surface area contributed by atoms with Gasteiger partial charge in [0.1, 0.15) is 0 Å². The second-order valence-corrected chi connectivity index (χ2v) is 7.83. The Bertz CT molecular complexity index is 854. The van der Waals surface area contributed by atoms with Crippen molar-refractivity contribution in [1.82, 2.24) is 19.7 Å². The molecule has 1 saturated heterocycles. The first-order valence-electron chi connectivity index (χ1n) is 9.62. The van der Waals surface area contributed by atoms with E-state index >= 15 is 0 Å². The molecule has 3 heterocycles. The van der Waals surface area contributed by atoms with E-state index in [1.54, 1.807) is 0 Å². The van der Waals surface area contributed by atoms with Gasteiger partial charge in [-0.15, -0.1) is 0 Å². The largest absolute Gasteiger partial charge is 0.299 e. The summed E-state index contributed by atoms with van der Waals surface area (Å²) in [5, 5.41) is 5.31.